The summed E-state index contributed by atoms with van der Waals surface area (Å²) in [5.74, 6) is -5.81. The number of rotatable bonds is 13. The highest BCUT2D eigenvalue weighted by Gasteiger charge is 2.58. The second-order valence-electron chi connectivity index (χ2n) is 8.67. The van der Waals surface area contributed by atoms with Gasteiger partial charge < -0.3 is 24.4 Å². The topological polar surface area (TPSA) is 85.2 Å². The summed E-state index contributed by atoms with van der Waals surface area (Å²) in [5.41, 5.74) is 0. The van der Waals surface area contributed by atoms with Gasteiger partial charge in [0.05, 0.1) is 32.5 Å². The molecule has 6 nitrogen and oxygen atoms in total. The van der Waals surface area contributed by atoms with Crippen LogP contribution in [0.2, 0.25) is 0 Å². The van der Waals surface area contributed by atoms with Crippen molar-refractivity contribution in [2.45, 2.75) is 95.0 Å². The molecule has 2 aliphatic rings. The minimum absolute atomic E-state index is 0.0164. The van der Waals surface area contributed by atoms with Gasteiger partial charge in [0.25, 0.3) is 0 Å². The second-order valence-corrected chi connectivity index (χ2v) is 8.67. The SMILES string of the molecule is CCCCC(F)(F)C1(CC[C@H]2C(O)C[C@H](O)[C@@H]2CC=CCCCC(=O)OC)OCCO1. The Kier molecular flexibility index (Phi) is 10.3. The predicted molar refractivity (Wildman–Crippen MR) is 112 cm³/mol. The molecule has 1 aliphatic carbocycles. The number of alkyl halides is 2. The van der Waals surface area contributed by atoms with Gasteiger partial charge in [0.15, 0.2) is 0 Å². The van der Waals surface area contributed by atoms with Gasteiger partial charge in [0.1, 0.15) is 0 Å². The number of aliphatic hydroxyl groups is 2. The van der Waals surface area contributed by atoms with E-state index in [4.69, 9.17) is 9.47 Å². The Hall–Kier alpha value is -1.09. The Morgan fingerprint density at radius 3 is 2.48 bits per heavy atom. The number of carbonyl (C=O) groups excluding carboxylic acids is 1. The highest BCUT2D eigenvalue weighted by Crippen LogP contribution is 2.46. The molecule has 2 N–H and O–H groups in total. The summed E-state index contributed by atoms with van der Waals surface area (Å²) in [6.07, 6.45) is 6.00. The van der Waals surface area contributed by atoms with Crippen molar-refractivity contribution in [3.05, 3.63) is 12.2 Å². The zero-order valence-corrected chi connectivity index (χ0v) is 18.7. The van der Waals surface area contributed by atoms with Gasteiger partial charge in [-0.3, -0.25) is 4.79 Å². The van der Waals surface area contributed by atoms with E-state index in [0.29, 0.717) is 44.9 Å². The molecule has 180 valence electrons. The summed E-state index contributed by atoms with van der Waals surface area (Å²) in [5, 5.41) is 20.9. The van der Waals surface area contributed by atoms with Crippen LogP contribution in [0.25, 0.3) is 0 Å². The number of carbonyl (C=O) groups is 1. The van der Waals surface area contributed by atoms with Gasteiger partial charge in [-0.05, 0) is 50.4 Å². The Morgan fingerprint density at radius 2 is 1.84 bits per heavy atom. The minimum Gasteiger partial charge on any atom is -0.469 e. The van der Waals surface area contributed by atoms with Crippen molar-refractivity contribution in [2.24, 2.45) is 11.8 Å². The van der Waals surface area contributed by atoms with Crippen LogP contribution in [0, 0.1) is 11.8 Å². The summed E-state index contributed by atoms with van der Waals surface area (Å²) in [6.45, 7) is 2.13. The van der Waals surface area contributed by atoms with Crippen molar-refractivity contribution in [3.8, 4) is 0 Å². The Morgan fingerprint density at radius 1 is 1.16 bits per heavy atom. The fraction of sp³-hybridized carbons (Fsp3) is 0.870. The van der Waals surface area contributed by atoms with Crippen molar-refractivity contribution < 1.29 is 38.0 Å². The van der Waals surface area contributed by atoms with Gasteiger partial charge in [-0.2, -0.15) is 0 Å². The quantitative estimate of drug-likeness (QED) is 0.252. The van der Waals surface area contributed by atoms with Crippen LogP contribution in [-0.4, -0.2) is 60.4 Å². The van der Waals surface area contributed by atoms with E-state index in [1.807, 2.05) is 19.1 Å². The van der Waals surface area contributed by atoms with E-state index in [1.54, 1.807) is 0 Å². The number of unbranched alkanes of at least 4 members (excludes halogenated alkanes) is 2. The monoisotopic (exact) mass is 448 g/mol. The van der Waals surface area contributed by atoms with Gasteiger partial charge in [-0.1, -0.05) is 25.5 Å². The molecule has 0 aromatic rings. The largest absolute Gasteiger partial charge is 0.469 e. The maximum atomic E-state index is 14.9. The maximum absolute atomic E-state index is 14.9. The molecule has 4 atom stereocenters. The number of hydrogen-bond donors (Lipinski definition) is 2. The summed E-state index contributed by atoms with van der Waals surface area (Å²) < 4.78 is 45.3. The lowest BCUT2D eigenvalue weighted by Gasteiger charge is -2.36. The number of allylic oxidation sites excluding steroid dienone is 2. The summed E-state index contributed by atoms with van der Waals surface area (Å²) in [7, 11) is 1.36. The van der Waals surface area contributed by atoms with Crippen molar-refractivity contribution in [2.75, 3.05) is 20.3 Å². The second kappa shape index (κ2) is 12.2. The first-order valence-electron chi connectivity index (χ1n) is 11.5. The van der Waals surface area contributed by atoms with Crippen molar-refractivity contribution >= 4 is 5.97 Å². The minimum atomic E-state index is -3.10. The first-order chi connectivity index (χ1) is 14.8. The molecule has 31 heavy (non-hydrogen) atoms. The van der Waals surface area contributed by atoms with E-state index >= 15 is 0 Å². The number of methoxy groups -OCH3 is 1. The summed E-state index contributed by atoms with van der Waals surface area (Å²) >= 11 is 0. The zero-order chi connectivity index (χ0) is 22.9. The van der Waals surface area contributed by atoms with Crippen molar-refractivity contribution in [1.29, 1.82) is 0 Å². The van der Waals surface area contributed by atoms with Gasteiger partial charge in [-0.15, -0.1) is 0 Å². The highest BCUT2D eigenvalue weighted by molar-refractivity contribution is 5.69. The lowest BCUT2D eigenvalue weighted by Crippen LogP contribution is -2.49. The molecule has 0 bridgehead atoms. The molecule has 1 aliphatic heterocycles. The van der Waals surface area contributed by atoms with Crippen molar-refractivity contribution in [3.63, 3.8) is 0 Å². The number of esters is 1. The lowest BCUT2D eigenvalue weighted by molar-refractivity contribution is -0.297. The average molecular weight is 449 g/mol. The average Bonchev–Trinajstić information content (AvgIpc) is 3.33. The molecule has 1 unspecified atom stereocenters. The molecule has 0 spiro atoms. The van der Waals surface area contributed by atoms with E-state index in [1.165, 1.54) is 7.11 Å². The van der Waals surface area contributed by atoms with Gasteiger partial charge in [0, 0.05) is 19.3 Å². The van der Waals surface area contributed by atoms with E-state index < -0.39 is 23.9 Å². The first-order valence-corrected chi connectivity index (χ1v) is 11.5. The molecular weight excluding hydrogens is 410 g/mol. The predicted octanol–water partition coefficient (Wildman–Crippen LogP) is 3.98. The lowest BCUT2D eigenvalue weighted by atomic mass is 9.84. The zero-order valence-electron chi connectivity index (χ0n) is 18.7. The van der Waals surface area contributed by atoms with Crippen molar-refractivity contribution in [1.82, 2.24) is 0 Å². The number of aliphatic hydroxyl groups excluding tert-OH is 2. The number of halogens is 2. The highest BCUT2D eigenvalue weighted by atomic mass is 19.3. The fourth-order valence-corrected chi connectivity index (χ4v) is 4.68. The third-order valence-corrected chi connectivity index (χ3v) is 6.54. The first kappa shape index (κ1) is 26.2. The van der Waals surface area contributed by atoms with Crippen LogP contribution in [0.1, 0.15) is 71.1 Å². The van der Waals surface area contributed by atoms with Crippen LogP contribution < -0.4 is 0 Å². The van der Waals surface area contributed by atoms with Gasteiger partial charge >= 0.3 is 11.9 Å². The maximum Gasteiger partial charge on any atom is 0.305 e. The van der Waals surface area contributed by atoms with Crippen LogP contribution >= 0.6 is 0 Å². The molecule has 8 heteroatoms. The summed E-state index contributed by atoms with van der Waals surface area (Å²) in [6, 6.07) is 0. The fourth-order valence-electron chi connectivity index (χ4n) is 4.68. The van der Waals surface area contributed by atoms with Crippen LogP contribution in [-0.2, 0) is 19.0 Å². The van der Waals surface area contributed by atoms with Crippen LogP contribution in [0.5, 0.6) is 0 Å². The Balaban J connectivity index is 1.93. The number of ether oxygens (including phenoxy) is 3. The Bertz CT molecular complexity index is 576. The Labute approximate surface area is 183 Å². The molecule has 0 aromatic carbocycles. The molecular formula is C23H38F2O6. The standard InChI is InChI=1S/C23H38F2O6/c1-3-4-12-22(24,25)23(30-14-15-31-23)13-11-18-17(19(26)16-20(18)27)9-7-5-6-8-10-21(28)29-2/h5,7,17-20,26-27H,3-4,6,8-16H2,1-2H3/t17-,18-,19+,20?/m1/s1. The molecule has 2 rings (SSSR count). The molecule has 1 saturated heterocycles. The molecule has 2 fully saturated rings. The normalized spacial score (nSPS) is 28.5. The summed E-state index contributed by atoms with van der Waals surface area (Å²) in [4.78, 5) is 11.1. The number of hydrogen-bond acceptors (Lipinski definition) is 6. The molecule has 0 radical (unpaired) electrons. The molecule has 1 heterocycles. The molecule has 0 aromatic heterocycles. The van der Waals surface area contributed by atoms with E-state index in [9.17, 15) is 23.8 Å². The van der Waals surface area contributed by atoms with Crippen LogP contribution in [0.3, 0.4) is 0 Å². The van der Waals surface area contributed by atoms with Crippen LogP contribution in [0.15, 0.2) is 12.2 Å². The van der Waals surface area contributed by atoms with Gasteiger partial charge in [0.2, 0.25) is 5.79 Å². The van der Waals surface area contributed by atoms with Crippen LogP contribution in [0.4, 0.5) is 8.78 Å². The van der Waals surface area contributed by atoms with E-state index in [2.05, 4.69) is 4.74 Å². The molecule has 1 saturated carbocycles. The van der Waals surface area contributed by atoms with E-state index in [0.717, 1.165) is 0 Å². The molecule has 0 amide bonds. The smallest absolute Gasteiger partial charge is 0.305 e. The third kappa shape index (κ3) is 6.94. The van der Waals surface area contributed by atoms with Gasteiger partial charge in [-0.25, -0.2) is 8.78 Å². The third-order valence-electron chi connectivity index (χ3n) is 6.54. The van der Waals surface area contributed by atoms with E-state index in [-0.39, 0.29) is 50.3 Å².